The summed E-state index contributed by atoms with van der Waals surface area (Å²) < 4.78 is 0. The van der Waals surface area contributed by atoms with Crippen molar-refractivity contribution in [2.45, 2.75) is 38.3 Å². The lowest BCUT2D eigenvalue weighted by Gasteiger charge is -2.38. The molecule has 2 rings (SSSR count). The highest BCUT2D eigenvalue weighted by Gasteiger charge is 2.45. The molecule has 8 heteroatoms. The normalized spacial score (nSPS) is 23.5. The van der Waals surface area contributed by atoms with E-state index in [0.717, 1.165) is 24.2 Å². The third-order valence-corrected chi connectivity index (χ3v) is 4.22. The van der Waals surface area contributed by atoms with Gasteiger partial charge in [0.15, 0.2) is 0 Å². The minimum atomic E-state index is -0.973. The first-order valence-electron chi connectivity index (χ1n) is 7.71. The highest BCUT2D eigenvalue weighted by Crippen LogP contribution is 2.20. The van der Waals surface area contributed by atoms with Crippen LogP contribution in [0.3, 0.4) is 0 Å². The minimum absolute atomic E-state index is 0.0553. The van der Waals surface area contributed by atoms with Gasteiger partial charge in [0.2, 0.25) is 5.91 Å². The summed E-state index contributed by atoms with van der Waals surface area (Å²) in [4.78, 5) is 51.4. The monoisotopic (exact) mass is 322 g/mol. The van der Waals surface area contributed by atoms with Crippen LogP contribution in [0.1, 0.15) is 26.2 Å². The van der Waals surface area contributed by atoms with Crippen LogP contribution >= 0.6 is 0 Å². The van der Waals surface area contributed by atoms with Gasteiger partial charge in [-0.1, -0.05) is 6.08 Å². The molecule has 2 aliphatic heterocycles. The van der Waals surface area contributed by atoms with Crippen molar-refractivity contribution < 1.29 is 19.2 Å². The molecule has 126 valence electrons. The standard InChI is InChI=1S/C15H22N4O4/c1-3-7-18-13(21)14(22)19(15(18)23)9-12(20)17-8-5-4-6-11(17)10(2)16/h3,10-11H,1,4-9,16H2,2H3. The lowest BCUT2D eigenvalue weighted by Crippen LogP contribution is -2.54. The summed E-state index contributed by atoms with van der Waals surface area (Å²) in [5.74, 6) is -2.26. The quantitative estimate of drug-likeness (QED) is 0.425. The maximum Gasteiger partial charge on any atom is 0.335 e. The summed E-state index contributed by atoms with van der Waals surface area (Å²) in [5, 5.41) is 0. The van der Waals surface area contributed by atoms with E-state index in [1.165, 1.54) is 6.08 Å². The van der Waals surface area contributed by atoms with Gasteiger partial charge in [0.05, 0.1) is 0 Å². The number of amides is 5. The largest absolute Gasteiger partial charge is 0.337 e. The van der Waals surface area contributed by atoms with Gasteiger partial charge in [-0.05, 0) is 26.2 Å². The SMILES string of the molecule is C=CCN1C(=O)C(=O)N(CC(=O)N2CCCCC2C(C)N)C1=O. The Morgan fingerprint density at radius 3 is 2.57 bits per heavy atom. The smallest absolute Gasteiger partial charge is 0.335 e. The second kappa shape index (κ2) is 6.91. The fourth-order valence-electron chi connectivity index (χ4n) is 3.02. The number of imide groups is 2. The van der Waals surface area contributed by atoms with Gasteiger partial charge in [-0.25, -0.2) is 9.69 Å². The summed E-state index contributed by atoms with van der Waals surface area (Å²) in [7, 11) is 0. The van der Waals surface area contributed by atoms with Gasteiger partial charge in [0.25, 0.3) is 0 Å². The van der Waals surface area contributed by atoms with Gasteiger partial charge in [0.1, 0.15) is 6.54 Å². The van der Waals surface area contributed by atoms with Crippen molar-refractivity contribution in [3.8, 4) is 0 Å². The summed E-state index contributed by atoms with van der Waals surface area (Å²) in [6.07, 6.45) is 4.00. The third-order valence-electron chi connectivity index (χ3n) is 4.22. The first kappa shape index (κ1) is 17.1. The first-order valence-corrected chi connectivity index (χ1v) is 7.71. The molecule has 2 N–H and O–H groups in total. The zero-order valence-corrected chi connectivity index (χ0v) is 13.2. The fourth-order valence-corrected chi connectivity index (χ4v) is 3.02. The highest BCUT2D eigenvalue weighted by atomic mass is 16.2. The van der Waals surface area contributed by atoms with Crippen molar-refractivity contribution in [2.75, 3.05) is 19.6 Å². The molecule has 0 aliphatic carbocycles. The van der Waals surface area contributed by atoms with E-state index in [-0.39, 0.29) is 24.5 Å². The van der Waals surface area contributed by atoms with E-state index in [2.05, 4.69) is 6.58 Å². The molecule has 0 spiro atoms. The molecule has 2 saturated heterocycles. The molecule has 23 heavy (non-hydrogen) atoms. The summed E-state index contributed by atoms with van der Waals surface area (Å²) in [6, 6.07) is -1.07. The number of nitrogens with two attached hydrogens (primary N) is 1. The Morgan fingerprint density at radius 2 is 1.96 bits per heavy atom. The number of likely N-dealkylation sites (tertiary alicyclic amines) is 1. The maximum absolute atomic E-state index is 12.5. The highest BCUT2D eigenvalue weighted by molar-refractivity contribution is 6.45. The summed E-state index contributed by atoms with van der Waals surface area (Å²) in [5.41, 5.74) is 5.93. The van der Waals surface area contributed by atoms with Crippen molar-refractivity contribution in [3.63, 3.8) is 0 Å². The number of piperidine rings is 1. The van der Waals surface area contributed by atoms with Crippen LogP contribution in [-0.4, -0.2) is 70.2 Å². The molecule has 2 atom stereocenters. The van der Waals surface area contributed by atoms with Crippen LogP contribution in [0.25, 0.3) is 0 Å². The molecule has 2 unspecified atom stereocenters. The van der Waals surface area contributed by atoms with Crippen molar-refractivity contribution >= 4 is 23.8 Å². The van der Waals surface area contributed by atoms with Gasteiger partial charge in [-0.2, -0.15) is 0 Å². The van der Waals surface area contributed by atoms with Gasteiger partial charge in [-0.3, -0.25) is 19.3 Å². The Hall–Kier alpha value is -2.22. The minimum Gasteiger partial charge on any atom is -0.337 e. The second-order valence-corrected chi connectivity index (χ2v) is 5.89. The van der Waals surface area contributed by atoms with Gasteiger partial charge < -0.3 is 10.6 Å². The lowest BCUT2D eigenvalue weighted by molar-refractivity contribution is -0.145. The predicted octanol–water partition coefficient (Wildman–Crippen LogP) is -0.308. The molecular weight excluding hydrogens is 300 g/mol. The van der Waals surface area contributed by atoms with E-state index in [9.17, 15) is 19.2 Å². The molecule has 0 saturated carbocycles. The third kappa shape index (κ3) is 3.26. The Kier molecular flexibility index (Phi) is 5.15. The molecule has 0 aromatic carbocycles. The van der Waals surface area contributed by atoms with Crippen LogP contribution in [0.4, 0.5) is 4.79 Å². The van der Waals surface area contributed by atoms with Crippen molar-refractivity contribution in [1.29, 1.82) is 0 Å². The van der Waals surface area contributed by atoms with Crippen LogP contribution in [0.2, 0.25) is 0 Å². The van der Waals surface area contributed by atoms with E-state index in [4.69, 9.17) is 5.73 Å². The van der Waals surface area contributed by atoms with Crippen LogP contribution < -0.4 is 5.73 Å². The molecule has 0 aromatic rings. The number of hydrogen-bond donors (Lipinski definition) is 1. The summed E-state index contributed by atoms with van der Waals surface area (Å²) >= 11 is 0. The molecule has 0 aromatic heterocycles. The summed E-state index contributed by atoms with van der Waals surface area (Å²) in [6.45, 7) is 5.33. The average Bonchev–Trinajstić information content (AvgIpc) is 2.73. The Morgan fingerprint density at radius 1 is 1.30 bits per heavy atom. The van der Waals surface area contributed by atoms with E-state index < -0.39 is 24.4 Å². The predicted molar refractivity (Wildman–Crippen MR) is 82.0 cm³/mol. The van der Waals surface area contributed by atoms with E-state index in [1.54, 1.807) is 4.90 Å². The van der Waals surface area contributed by atoms with Crippen LogP contribution in [0.15, 0.2) is 12.7 Å². The molecule has 0 radical (unpaired) electrons. The van der Waals surface area contributed by atoms with Crippen LogP contribution in [-0.2, 0) is 14.4 Å². The number of carbonyl (C=O) groups is 4. The van der Waals surface area contributed by atoms with Crippen LogP contribution in [0.5, 0.6) is 0 Å². The topological polar surface area (TPSA) is 104 Å². The Balaban J connectivity index is 2.10. The molecule has 2 aliphatic rings. The van der Waals surface area contributed by atoms with E-state index in [1.807, 2.05) is 6.92 Å². The van der Waals surface area contributed by atoms with Gasteiger partial charge >= 0.3 is 17.8 Å². The first-order chi connectivity index (χ1) is 10.9. The number of rotatable bonds is 5. The fraction of sp³-hybridized carbons (Fsp3) is 0.600. The number of hydrogen-bond acceptors (Lipinski definition) is 5. The average molecular weight is 322 g/mol. The molecule has 0 bridgehead atoms. The van der Waals surface area contributed by atoms with E-state index in [0.29, 0.717) is 11.4 Å². The van der Waals surface area contributed by atoms with Crippen molar-refractivity contribution in [2.24, 2.45) is 5.73 Å². The van der Waals surface area contributed by atoms with E-state index >= 15 is 0 Å². The van der Waals surface area contributed by atoms with Crippen molar-refractivity contribution in [1.82, 2.24) is 14.7 Å². The Bertz CT molecular complexity index is 546. The molecule has 2 heterocycles. The number of carbonyl (C=O) groups excluding carboxylic acids is 4. The zero-order chi connectivity index (χ0) is 17.1. The maximum atomic E-state index is 12.5. The molecule has 5 amide bonds. The van der Waals surface area contributed by atoms with Crippen LogP contribution in [0, 0.1) is 0 Å². The number of nitrogens with zero attached hydrogens (tertiary/aromatic N) is 3. The zero-order valence-electron chi connectivity index (χ0n) is 13.2. The van der Waals surface area contributed by atoms with Crippen molar-refractivity contribution in [3.05, 3.63) is 12.7 Å². The molecule has 8 nitrogen and oxygen atoms in total. The molecular formula is C15H22N4O4. The van der Waals surface area contributed by atoms with Gasteiger partial charge in [-0.15, -0.1) is 6.58 Å². The number of urea groups is 1. The molecule has 2 fully saturated rings. The lowest BCUT2D eigenvalue weighted by atomic mass is 9.97. The Labute approximate surface area is 134 Å². The second-order valence-electron chi connectivity index (χ2n) is 5.89. The van der Waals surface area contributed by atoms with Gasteiger partial charge in [0, 0.05) is 25.2 Å².